The lowest BCUT2D eigenvalue weighted by molar-refractivity contribution is -0.116. The average molecular weight is 386 g/mol. The van der Waals surface area contributed by atoms with E-state index in [4.69, 9.17) is 4.74 Å². The highest BCUT2D eigenvalue weighted by molar-refractivity contribution is 7.89. The molecule has 6 nitrogen and oxygen atoms in total. The van der Waals surface area contributed by atoms with Crippen molar-refractivity contribution >= 4 is 21.6 Å². The molecule has 0 aromatic heterocycles. The van der Waals surface area contributed by atoms with Gasteiger partial charge in [0.15, 0.2) is 0 Å². The molecule has 1 N–H and O–H groups in total. The molecule has 0 bridgehead atoms. The molecule has 1 amide bonds. The number of aryl methyl sites for hydroxylation is 1. The molecule has 2 aliphatic rings. The third-order valence-corrected chi connectivity index (χ3v) is 6.62. The molecular weight excluding hydrogens is 364 g/mol. The number of ether oxygens (including phenoxy) is 1. The molecule has 4 rings (SSSR count). The molecule has 0 fully saturated rings. The maximum atomic E-state index is 13.0. The third-order valence-electron chi connectivity index (χ3n) is 5.15. The largest absolute Gasteiger partial charge is 0.490 e. The van der Waals surface area contributed by atoms with Crippen LogP contribution >= 0.6 is 0 Å². The van der Waals surface area contributed by atoms with Crippen molar-refractivity contribution in [3.63, 3.8) is 0 Å². The number of amides is 1. The van der Waals surface area contributed by atoms with Gasteiger partial charge in [0.05, 0.1) is 17.1 Å². The first-order valence-corrected chi connectivity index (χ1v) is 10.6. The zero-order valence-electron chi connectivity index (χ0n) is 15.1. The fourth-order valence-electron chi connectivity index (χ4n) is 3.82. The van der Waals surface area contributed by atoms with E-state index in [0.29, 0.717) is 24.6 Å². The lowest BCUT2D eigenvalue weighted by Crippen LogP contribution is -2.36. The minimum absolute atomic E-state index is 0.136. The number of rotatable bonds is 3. The van der Waals surface area contributed by atoms with Gasteiger partial charge in [-0.25, -0.2) is 13.1 Å². The summed E-state index contributed by atoms with van der Waals surface area (Å²) in [4.78, 5) is 13.6. The second-order valence-electron chi connectivity index (χ2n) is 6.91. The number of benzene rings is 2. The smallest absolute Gasteiger partial charge is 0.241 e. The van der Waals surface area contributed by atoms with Crippen molar-refractivity contribution in [1.29, 1.82) is 0 Å². The molecule has 0 radical (unpaired) electrons. The van der Waals surface area contributed by atoms with Crippen molar-refractivity contribution in [2.75, 3.05) is 18.1 Å². The first kappa shape index (κ1) is 18.0. The molecule has 2 aromatic carbocycles. The predicted molar refractivity (Wildman–Crippen MR) is 102 cm³/mol. The standard InChI is InChI=1S/C20H22N2O4S/c1-14(23)22-11-12-26-20-10-9-16(13-19(20)22)27(24,25)21-18-8-4-6-15-5-2-3-7-17(15)18/h2-3,5,7,9-10,13,18,21H,4,6,8,11-12H2,1H3. The fraction of sp³-hybridized carbons (Fsp3) is 0.350. The Bertz CT molecular complexity index is 987. The summed E-state index contributed by atoms with van der Waals surface area (Å²) in [5.41, 5.74) is 2.73. The van der Waals surface area contributed by atoms with Crippen LogP contribution in [0.1, 0.15) is 36.9 Å². The van der Waals surface area contributed by atoms with Gasteiger partial charge in [-0.15, -0.1) is 0 Å². The summed E-state index contributed by atoms with van der Waals surface area (Å²) in [5, 5.41) is 0. The Balaban J connectivity index is 1.66. The number of fused-ring (bicyclic) bond motifs is 2. The number of carbonyl (C=O) groups excluding carboxylic acids is 1. The Hall–Kier alpha value is -2.38. The summed E-state index contributed by atoms with van der Waals surface area (Å²) in [7, 11) is -3.73. The van der Waals surface area contributed by atoms with Crippen LogP contribution in [0.4, 0.5) is 5.69 Å². The van der Waals surface area contributed by atoms with Crippen molar-refractivity contribution < 1.29 is 17.9 Å². The van der Waals surface area contributed by atoms with Crippen LogP contribution in [0.3, 0.4) is 0 Å². The fourth-order valence-corrected chi connectivity index (χ4v) is 5.09. The van der Waals surface area contributed by atoms with E-state index < -0.39 is 10.0 Å². The van der Waals surface area contributed by atoms with E-state index in [1.807, 2.05) is 18.2 Å². The Morgan fingerprint density at radius 3 is 2.85 bits per heavy atom. The topological polar surface area (TPSA) is 75.7 Å². The molecule has 0 spiro atoms. The van der Waals surface area contributed by atoms with Crippen molar-refractivity contribution in [1.82, 2.24) is 4.72 Å². The van der Waals surface area contributed by atoms with Crippen LogP contribution in [0, 0.1) is 0 Å². The number of nitrogens with zero attached hydrogens (tertiary/aromatic N) is 1. The van der Waals surface area contributed by atoms with E-state index in [1.165, 1.54) is 24.6 Å². The van der Waals surface area contributed by atoms with Crippen LogP contribution in [0.5, 0.6) is 5.75 Å². The molecule has 1 heterocycles. The maximum Gasteiger partial charge on any atom is 0.241 e. The van der Waals surface area contributed by atoms with Crippen molar-refractivity contribution in [2.45, 2.75) is 37.1 Å². The van der Waals surface area contributed by atoms with Gasteiger partial charge in [0.1, 0.15) is 12.4 Å². The minimum atomic E-state index is -3.73. The monoisotopic (exact) mass is 386 g/mol. The normalized spacial score (nSPS) is 19.0. The lowest BCUT2D eigenvalue weighted by atomic mass is 9.88. The highest BCUT2D eigenvalue weighted by Gasteiger charge is 2.28. The summed E-state index contributed by atoms with van der Waals surface area (Å²) in [6, 6.07) is 12.4. The maximum absolute atomic E-state index is 13.0. The number of carbonyl (C=O) groups is 1. The van der Waals surface area contributed by atoms with Gasteiger partial charge in [0, 0.05) is 13.0 Å². The number of anilines is 1. The number of hydrogen-bond donors (Lipinski definition) is 1. The molecule has 1 aliphatic carbocycles. The number of nitrogens with one attached hydrogen (secondary N) is 1. The van der Waals surface area contributed by atoms with Gasteiger partial charge in [-0.3, -0.25) is 4.79 Å². The Kier molecular flexibility index (Phi) is 4.65. The highest BCUT2D eigenvalue weighted by atomic mass is 32.2. The number of hydrogen-bond acceptors (Lipinski definition) is 4. The first-order valence-electron chi connectivity index (χ1n) is 9.11. The van der Waals surface area contributed by atoms with Crippen LogP contribution in [-0.2, 0) is 21.2 Å². The molecule has 142 valence electrons. The second-order valence-corrected chi connectivity index (χ2v) is 8.63. The zero-order chi connectivity index (χ0) is 19.0. The van der Waals surface area contributed by atoms with Crippen molar-refractivity contribution in [2.24, 2.45) is 0 Å². The first-order chi connectivity index (χ1) is 13.0. The Morgan fingerprint density at radius 1 is 1.22 bits per heavy atom. The number of sulfonamides is 1. The van der Waals surface area contributed by atoms with Gasteiger partial charge in [-0.05, 0) is 48.6 Å². The van der Waals surface area contributed by atoms with Crippen molar-refractivity contribution in [3.05, 3.63) is 53.6 Å². The zero-order valence-corrected chi connectivity index (χ0v) is 16.0. The van der Waals surface area contributed by atoms with E-state index in [0.717, 1.165) is 24.8 Å². The highest BCUT2D eigenvalue weighted by Crippen LogP contribution is 2.35. The third kappa shape index (κ3) is 3.44. The summed E-state index contributed by atoms with van der Waals surface area (Å²) in [5.74, 6) is 0.390. The van der Waals surface area contributed by atoms with Gasteiger partial charge < -0.3 is 9.64 Å². The van der Waals surface area contributed by atoms with E-state index in [2.05, 4.69) is 10.8 Å². The molecule has 2 aromatic rings. The lowest BCUT2D eigenvalue weighted by Gasteiger charge is -2.29. The van der Waals surface area contributed by atoms with Crippen LogP contribution in [0.2, 0.25) is 0 Å². The summed E-state index contributed by atoms with van der Waals surface area (Å²) >= 11 is 0. The summed E-state index contributed by atoms with van der Waals surface area (Å²) < 4.78 is 34.4. The average Bonchev–Trinajstić information content (AvgIpc) is 2.67. The minimum Gasteiger partial charge on any atom is -0.490 e. The van der Waals surface area contributed by atoms with E-state index >= 15 is 0 Å². The molecule has 1 atom stereocenters. The second kappa shape index (κ2) is 6.98. The van der Waals surface area contributed by atoms with E-state index in [-0.39, 0.29) is 16.8 Å². The van der Waals surface area contributed by atoms with Crippen LogP contribution < -0.4 is 14.4 Å². The van der Waals surface area contributed by atoms with E-state index in [9.17, 15) is 13.2 Å². The Morgan fingerprint density at radius 2 is 2.04 bits per heavy atom. The molecule has 0 saturated carbocycles. The van der Waals surface area contributed by atoms with Crippen LogP contribution in [0.15, 0.2) is 47.4 Å². The van der Waals surface area contributed by atoms with Gasteiger partial charge in [0.2, 0.25) is 15.9 Å². The quantitative estimate of drug-likeness (QED) is 0.880. The molecule has 27 heavy (non-hydrogen) atoms. The summed E-state index contributed by atoms with van der Waals surface area (Å²) in [6.45, 7) is 2.28. The predicted octanol–water partition coefficient (Wildman–Crippen LogP) is 2.79. The van der Waals surface area contributed by atoms with Gasteiger partial charge in [-0.1, -0.05) is 24.3 Å². The summed E-state index contributed by atoms with van der Waals surface area (Å²) in [6.07, 6.45) is 2.68. The molecule has 1 aliphatic heterocycles. The SMILES string of the molecule is CC(=O)N1CCOc2ccc(S(=O)(=O)NC3CCCc4ccccc43)cc21. The Labute approximate surface area is 159 Å². The van der Waals surface area contributed by atoms with Crippen LogP contribution in [0.25, 0.3) is 0 Å². The van der Waals surface area contributed by atoms with Gasteiger partial charge >= 0.3 is 0 Å². The van der Waals surface area contributed by atoms with E-state index in [1.54, 1.807) is 11.0 Å². The molecule has 7 heteroatoms. The molecular formula is C20H22N2O4S. The van der Waals surface area contributed by atoms with Crippen LogP contribution in [-0.4, -0.2) is 27.5 Å². The molecule has 0 saturated heterocycles. The molecule has 1 unspecified atom stereocenters. The van der Waals surface area contributed by atoms with Gasteiger partial charge in [0.25, 0.3) is 0 Å². The van der Waals surface area contributed by atoms with Gasteiger partial charge in [-0.2, -0.15) is 0 Å². The van der Waals surface area contributed by atoms with Crippen molar-refractivity contribution in [3.8, 4) is 5.75 Å².